The summed E-state index contributed by atoms with van der Waals surface area (Å²) in [5, 5.41) is 13.6. The minimum atomic E-state index is -0.806. The maximum atomic E-state index is 11.4. The van der Waals surface area contributed by atoms with Crippen LogP contribution in [0.2, 0.25) is 0 Å². The van der Waals surface area contributed by atoms with E-state index in [4.69, 9.17) is 10.8 Å². The van der Waals surface area contributed by atoms with E-state index in [0.29, 0.717) is 19.4 Å². The Balaban J connectivity index is 3.83. The average molecular weight is 273 g/mol. The van der Waals surface area contributed by atoms with Crippen LogP contribution in [0.25, 0.3) is 0 Å². The Morgan fingerprint density at radius 2 is 1.89 bits per heavy atom. The highest BCUT2D eigenvalue weighted by molar-refractivity contribution is 5.85. The van der Waals surface area contributed by atoms with E-state index in [1.807, 2.05) is 6.92 Å². The van der Waals surface area contributed by atoms with E-state index in [2.05, 4.69) is 10.6 Å². The summed E-state index contributed by atoms with van der Waals surface area (Å²) >= 11 is 0. The summed E-state index contributed by atoms with van der Waals surface area (Å²) in [5.74, 6) is -1.13. The minimum absolute atomic E-state index is 0.142. The molecule has 3 amide bonds. The maximum absolute atomic E-state index is 11.4. The van der Waals surface area contributed by atoms with E-state index >= 15 is 0 Å². The number of carboxylic acids is 1. The van der Waals surface area contributed by atoms with Gasteiger partial charge in [0, 0.05) is 13.0 Å². The van der Waals surface area contributed by atoms with Crippen LogP contribution < -0.4 is 16.4 Å². The number of nitrogens with one attached hydrogen (secondary N) is 2. The number of aliphatic carboxylic acids is 1. The summed E-state index contributed by atoms with van der Waals surface area (Å²) in [4.78, 5) is 32.6. The second-order valence-electron chi connectivity index (χ2n) is 4.52. The number of primary amides is 1. The number of hydrogen-bond donors (Lipinski definition) is 4. The van der Waals surface area contributed by atoms with Gasteiger partial charge in [0.05, 0.1) is 0 Å². The fraction of sp³-hybridized carbons (Fsp3) is 0.750. The molecule has 0 aromatic carbocycles. The van der Waals surface area contributed by atoms with Crippen LogP contribution in [0.4, 0.5) is 4.79 Å². The van der Waals surface area contributed by atoms with Crippen molar-refractivity contribution < 1.29 is 19.5 Å². The molecule has 5 N–H and O–H groups in total. The Kier molecular flexibility index (Phi) is 8.32. The Morgan fingerprint density at radius 3 is 2.37 bits per heavy atom. The molecule has 7 nitrogen and oxygen atoms in total. The number of carbonyl (C=O) groups is 3. The third-order valence-corrected chi connectivity index (χ3v) is 2.96. The molecular weight excluding hydrogens is 250 g/mol. The van der Waals surface area contributed by atoms with E-state index in [0.717, 1.165) is 6.42 Å². The molecule has 0 saturated carbocycles. The van der Waals surface area contributed by atoms with Crippen LogP contribution in [0, 0.1) is 5.92 Å². The Labute approximate surface area is 112 Å². The SMILES string of the molecule is CCC(CCNC(=O)NC(C)C(N)=O)CCC(=O)O. The predicted octanol–water partition coefficient (Wildman–Crippen LogP) is 0.441. The molecule has 0 fully saturated rings. The van der Waals surface area contributed by atoms with Gasteiger partial charge in [0.15, 0.2) is 0 Å². The van der Waals surface area contributed by atoms with Crippen molar-refractivity contribution in [2.45, 2.75) is 45.6 Å². The zero-order valence-corrected chi connectivity index (χ0v) is 11.4. The van der Waals surface area contributed by atoms with Gasteiger partial charge in [0.1, 0.15) is 6.04 Å². The Hall–Kier alpha value is -1.79. The molecule has 0 aliphatic heterocycles. The van der Waals surface area contributed by atoms with Gasteiger partial charge in [0.25, 0.3) is 0 Å². The van der Waals surface area contributed by atoms with Crippen molar-refractivity contribution in [1.82, 2.24) is 10.6 Å². The molecule has 0 bridgehead atoms. The molecule has 110 valence electrons. The number of carboxylic acid groups (broad SMARTS) is 1. The van der Waals surface area contributed by atoms with Crippen molar-refractivity contribution in [2.75, 3.05) is 6.54 Å². The normalized spacial score (nSPS) is 13.4. The zero-order chi connectivity index (χ0) is 14.8. The molecule has 2 unspecified atom stereocenters. The molecule has 0 aliphatic carbocycles. The number of hydrogen-bond acceptors (Lipinski definition) is 3. The van der Waals surface area contributed by atoms with Crippen molar-refractivity contribution in [3.63, 3.8) is 0 Å². The number of urea groups is 1. The van der Waals surface area contributed by atoms with Crippen LogP contribution in [0.5, 0.6) is 0 Å². The molecule has 0 rings (SSSR count). The standard InChI is InChI=1S/C12H23N3O4/c1-3-9(4-5-10(16)17)6-7-14-12(19)15-8(2)11(13)18/h8-9H,3-7H2,1-2H3,(H2,13,18)(H,16,17)(H2,14,15,19). The number of nitrogens with two attached hydrogens (primary N) is 1. The zero-order valence-electron chi connectivity index (χ0n) is 11.4. The van der Waals surface area contributed by atoms with Crippen molar-refractivity contribution in [1.29, 1.82) is 0 Å². The highest BCUT2D eigenvalue weighted by Crippen LogP contribution is 2.14. The van der Waals surface area contributed by atoms with Gasteiger partial charge < -0.3 is 21.5 Å². The first-order chi connectivity index (χ1) is 8.86. The molecule has 2 atom stereocenters. The molecule has 0 aliphatic rings. The van der Waals surface area contributed by atoms with Gasteiger partial charge in [0.2, 0.25) is 5.91 Å². The van der Waals surface area contributed by atoms with Gasteiger partial charge in [-0.25, -0.2) is 4.79 Å². The first kappa shape index (κ1) is 17.2. The minimum Gasteiger partial charge on any atom is -0.481 e. The number of rotatable bonds is 9. The van der Waals surface area contributed by atoms with Gasteiger partial charge >= 0.3 is 12.0 Å². The summed E-state index contributed by atoms with van der Waals surface area (Å²) < 4.78 is 0. The predicted molar refractivity (Wildman–Crippen MR) is 70.5 cm³/mol. The molecule has 0 radical (unpaired) electrons. The topological polar surface area (TPSA) is 122 Å². The van der Waals surface area contributed by atoms with E-state index in [1.165, 1.54) is 6.92 Å². The maximum Gasteiger partial charge on any atom is 0.315 e. The van der Waals surface area contributed by atoms with Crippen LogP contribution in [-0.2, 0) is 9.59 Å². The van der Waals surface area contributed by atoms with Gasteiger partial charge in [-0.05, 0) is 25.7 Å². The Bertz CT molecular complexity index is 320. The second-order valence-corrected chi connectivity index (χ2v) is 4.52. The van der Waals surface area contributed by atoms with E-state index in [-0.39, 0.29) is 12.3 Å². The van der Waals surface area contributed by atoms with Gasteiger partial charge in [-0.2, -0.15) is 0 Å². The van der Waals surface area contributed by atoms with Crippen LogP contribution in [-0.4, -0.2) is 35.6 Å². The lowest BCUT2D eigenvalue weighted by Gasteiger charge is -2.15. The van der Waals surface area contributed by atoms with Crippen LogP contribution in [0.1, 0.15) is 39.5 Å². The van der Waals surface area contributed by atoms with E-state index in [9.17, 15) is 14.4 Å². The van der Waals surface area contributed by atoms with E-state index in [1.54, 1.807) is 0 Å². The third kappa shape index (κ3) is 8.87. The molecule has 19 heavy (non-hydrogen) atoms. The van der Waals surface area contributed by atoms with Crippen molar-refractivity contribution >= 4 is 17.9 Å². The van der Waals surface area contributed by atoms with Crippen LogP contribution in [0.3, 0.4) is 0 Å². The molecule has 0 aromatic rings. The largest absolute Gasteiger partial charge is 0.481 e. The quantitative estimate of drug-likeness (QED) is 0.487. The summed E-state index contributed by atoms with van der Waals surface area (Å²) in [6.07, 6.45) is 2.33. The second kappa shape index (κ2) is 9.18. The molecule has 0 saturated heterocycles. The first-order valence-electron chi connectivity index (χ1n) is 6.42. The van der Waals surface area contributed by atoms with Crippen LogP contribution in [0.15, 0.2) is 0 Å². The summed E-state index contributed by atoms with van der Waals surface area (Å²) in [5.41, 5.74) is 5.01. The number of carbonyl (C=O) groups excluding carboxylic acids is 2. The lowest BCUT2D eigenvalue weighted by molar-refractivity contribution is -0.137. The molecule has 7 heteroatoms. The van der Waals surface area contributed by atoms with E-state index < -0.39 is 23.9 Å². The van der Waals surface area contributed by atoms with Crippen molar-refractivity contribution in [3.05, 3.63) is 0 Å². The highest BCUT2D eigenvalue weighted by Gasteiger charge is 2.12. The van der Waals surface area contributed by atoms with Gasteiger partial charge in [-0.1, -0.05) is 13.3 Å². The van der Waals surface area contributed by atoms with Gasteiger partial charge in [-0.3, -0.25) is 9.59 Å². The fourth-order valence-corrected chi connectivity index (χ4v) is 1.59. The first-order valence-corrected chi connectivity index (χ1v) is 6.42. The molecule has 0 heterocycles. The van der Waals surface area contributed by atoms with Crippen LogP contribution >= 0.6 is 0 Å². The monoisotopic (exact) mass is 273 g/mol. The summed E-state index contributed by atoms with van der Waals surface area (Å²) in [7, 11) is 0. The molecular formula is C12H23N3O4. The highest BCUT2D eigenvalue weighted by atomic mass is 16.4. The lowest BCUT2D eigenvalue weighted by Crippen LogP contribution is -2.47. The summed E-state index contributed by atoms with van der Waals surface area (Å²) in [6.45, 7) is 3.93. The number of amides is 3. The van der Waals surface area contributed by atoms with Crippen molar-refractivity contribution in [2.24, 2.45) is 11.7 Å². The molecule has 0 spiro atoms. The third-order valence-electron chi connectivity index (χ3n) is 2.96. The Morgan fingerprint density at radius 1 is 1.26 bits per heavy atom. The lowest BCUT2D eigenvalue weighted by atomic mass is 9.97. The van der Waals surface area contributed by atoms with Crippen molar-refractivity contribution in [3.8, 4) is 0 Å². The average Bonchev–Trinajstić information content (AvgIpc) is 2.32. The van der Waals surface area contributed by atoms with Gasteiger partial charge in [-0.15, -0.1) is 0 Å². The molecule has 0 aromatic heterocycles. The smallest absolute Gasteiger partial charge is 0.315 e. The fourth-order valence-electron chi connectivity index (χ4n) is 1.59. The summed E-state index contributed by atoms with van der Waals surface area (Å²) in [6, 6.07) is -1.16.